The second-order valence-corrected chi connectivity index (χ2v) is 6.59. The number of halogens is 3. The van der Waals surface area contributed by atoms with Crippen LogP contribution < -0.4 is 5.73 Å². The Bertz CT molecular complexity index is 327. The first-order chi connectivity index (χ1) is 9.91. The molecule has 1 aliphatic heterocycles. The van der Waals surface area contributed by atoms with E-state index in [1.54, 1.807) is 0 Å². The van der Waals surface area contributed by atoms with E-state index in [1.807, 2.05) is 0 Å². The monoisotopic (exact) mass is 307 g/mol. The van der Waals surface area contributed by atoms with Crippen LogP contribution in [-0.4, -0.2) is 60.8 Å². The van der Waals surface area contributed by atoms with Crippen molar-refractivity contribution in [2.75, 3.05) is 39.3 Å². The predicted molar refractivity (Wildman–Crippen MR) is 78.1 cm³/mol. The molecule has 124 valence electrons. The molecule has 1 saturated carbocycles. The van der Waals surface area contributed by atoms with Crippen LogP contribution in [0.15, 0.2) is 0 Å². The van der Waals surface area contributed by atoms with Gasteiger partial charge in [-0.25, -0.2) is 0 Å². The topological polar surface area (TPSA) is 32.5 Å². The average Bonchev–Trinajstić information content (AvgIpc) is 2.47. The zero-order valence-corrected chi connectivity index (χ0v) is 13.0. The van der Waals surface area contributed by atoms with Gasteiger partial charge < -0.3 is 10.6 Å². The maximum atomic E-state index is 13.1. The molecule has 2 aliphatic rings. The molecule has 2 atom stereocenters. The van der Waals surface area contributed by atoms with E-state index in [1.165, 1.54) is 0 Å². The van der Waals surface area contributed by atoms with Crippen molar-refractivity contribution < 1.29 is 13.2 Å². The van der Waals surface area contributed by atoms with Gasteiger partial charge in [-0.2, -0.15) is 13.2 Å². The lowest BCUT2D eigenvalue weighted by Gasteiger charge is -2.51. The van der Waals surface area contributed by atoms with Crippen molar-refractivity contribution >= 4 is 0 Å². The summed E-state index contributed by atoms with van der Waals surface area (Å²) in [4.78, 5) is 4.64. The highest BCUT2D eigenvalue weighted by molar-refractivity contribution is 4.99. The van der Waals surface area contributed by atoms with E-state index in [4.69, 9.17) is 5.73 Å². The summed E-state index contributed by atoms with van der Waals surface area (Å²) in [6.45, 7) is 7.17. The van der Waals surface area contributed by atoms with Crippen LogP contribution in [0, 0.1) is 5.92 Å². The van der Waals surface area contributed by atoms with Gasteiger partial charge in [0.25, 0.3) is 0 Å². The van der Waals surface area contributed by atoms with Gasteiger partial charge in [0, 0.05) is 38.3 Å². The molecule has 0 amide bonds. The molecular weight excluding hydrogens is 279 g/mol. The molecule has 1 heterocycles. The zero-order valence-electron chi connectivity index (χ0n) is 13.0. The van der Waals surface area contributed by atoms with Crippen molar-refractivity contribution in [2.24, 2.45) is 11.7 Å². The molecule has 1 saturated heterocycles. The highest BCUT2D eigenvalue weighted by atomic mass is 19.4. The van der Waals surface area contributed by atoms with Gasteiger partial charge in [0.05, 0.1) is 5.92 Å². The van der Waals surface area contributed by atoms with E-state index in [2.05, 4.69) is 16.7 Å². The quantitative estimate of drug-likeness (QED) is 0.866. The third kappa shape index (κ3) is 3.90. The van der Waals surface area contributed by atoms with Crippen molar-refractivity contribution in [1.82, 2.24) is 9.80 Å². The predicted octanol–water partition coefficient (Wildman–Crippen LogP) is 2.46. The SMILES string of the molecule is CCCN1CCN(C2(CN)CCCC(C(F)(F)F)C2)CC1. The van der Waals surface area contributed by atoms with Crippen molar-refractivity contribution in [3.05, 3.63) is 0 Å². The largest absolute Gasteiger partial charge is 0.391 e. The van der Waals surface area contributed by atoms with Gasteiger partial charge >= 0.3 is 6.18 Å². The van der Waals surface area contributed by atoms with Crippen molar-refractivity contribution in [2.45, 2.75) is 50.7 Å². The highest BCUT2D eigenvalue weighted by Crippen LogP contribution is 2.44. The van der Waals surface area contributed by atoms with Crippen LogP contribution in [0.1, 0.15) is 39.0 Å². The van der Waals surface area contributed by atoms with Gasteiger partial charge in [0.1, 0.15) is 0 Å². The number of hydrogen-bond acceptors (Lipinski definition) is 3. The highest BCUT2D eigenvalue weighted by Gasteiger charge is 2.49. The molecule has 2 rings (SSSR count). The van der Waals surface area contributed by atoms with Gasteiger partial charge in [0.15, 0.2) is 0 Å². The minimum absolute atomic E-state index is 0.181. The Balaban J connectivity index is 2.01. The lowest BCUT2D eigenvalue weighted by atomic mass is 9.74. The van der Waals surface area contributed by atoms with Crippen LogP contribution in [0.3, 0.4) is 0 Å². The minimum Gasteiger partial charge on any atom is -0.329 e. The van der Waals surface area contributed by atoms with E-state index in [-0.39, 0.29) is 12.8 Å². The van der Waals surface area contributed by atoms with Crippen molar-refractivity contribution in [3.63, 3.8) is 0 Å². The Morgan fingerprint density at radius 2 is 1.86 bits per heavy atom. The molecule has 6 heteroatoms. The number of nitrogens with two attached hydrogens (primary N) is 1. The summed E-state index contributed by atoms with van der Waals surface area (Å²) in [6.07, 6.45) is -1.06. The standard InChI is InChI=1S/C15H28F3N3/c1-2-6-20-7-9-21(10-8-20)14(12-19)5-3-4-13(11-14)15(16,17)18/h13H,2-12,19H2,1H3. The van der Waals surface area contributed by atoms with Crippen LogP contribution in [0.25, 0.3) is 0 Å². The summed E-state index contributed by atoms with van der Waals surface area (Å²) < 4.78 is 39.2. The molecule has 2 N–H and O–H groups in total. The lowest BCUT2D eigenvalue weighted by molar-refractivity contribution is -0.194. The van der Waals surface area contributed by atoms with Gasteiger partial charge in [-0.1, -0.05) is 13.3 Å². The summed E-state index contributed by atoms with van der Waals surface area (Å²) in [5.74, 6) is -1.18. The maximum Gasteiger partial charge on any atom is 0.391 e. The second-order valence-electron chi connectivity index (χ2n) is 6.59. The lowest BCUT2D eigenvalue weighted by Crippen LogP contribution is -2.62. The van der Waals surface area contributed by atoms with Crippen molar-refractivity contribution in [1.29, 1.82) is 0 Å². The van der Waals surface area contributed by atoms with E-state index in [0.717, 1.165) is 45.6 Å². The van der Waals surface area contributed by atoms with Crippen LogP contribution in [0.5, 0.6) is 0 Å². The molecule has 0 aromatic rings. The molecule has 3 nitrogen and oxygen atoms in total. The second kappa shape index (κ2) is 6.84. The smallest absolute Gasteiger partial charge is 0.329 e. The molecule has 0 spiro atoms. The summed E-state index contributed by atoms with van der Waals surface area (Å²) >= 11 is 0. The third-order valence-corrected chi connectivity index (χ3v) is 5.25. The number of hydrogen-bond donors (Lipinski definition) is 1. The number of piperazine rings is 1. The summed E-state index contributed by atoms with van der Waals surface area (Å²) in [5.41, 5.74) is 5.51. The normalized spacial score (nSPS) is 33.3. The fourth-order valence-corrected chi connectivity index (χ4v) is 3.98. The van der Waals surface area contributed by atoms with E-state index >= 15 is 0 Å². The first-order valence-corrected chi connectivity index (χ1v) is 8.15. The summed E-state index contributed by atoms with van der Waals surface area (Å²) in [5, 5.41) is 0. The minimum atomic E-state index is -4.08. The van der Waals surface area contributed by atoms with Crippen LogP contribution in [-0.2, 0) is 0 Å². The Morgan fingerprint density at radius 3 is 2.38 bits per heavy atom. The Hall–Kier alpha value is -0.330. The maximum absolute atomic E-state index is 13.1. The first-order valence-electron chi connectivity index (χ1n) is 8.15. The fourth-order valence-electron chi connectivity index (χ4n) is 3.98. The van der Waals surface area contributed by atoms with Gasteiger partial charge in [-0.3, -0.25) is 4.90 Å². The molecule has 2 fully saturated rings. The zero-order chi connectivity index (χ0) is 15.5. The molecule has 1 aliphatic carbocycles. The molecule has 0 radical (unpaired) electrons. The Labute approximate surface area is 125 Å². The van der Waals surface area contributed by atoms with Gasteiger partial charge in [0.2, 0.25) is 0 Å². The average molecular weight is 307 g/mol. The third-order valence-electron chi connectivity index (χ3n) is 5.25. The van der Waals surface area contributed by atoms with Gasteiger partial charge in [-0.15, -0.1) is 0 Å². The molecule has 0 bridgehead atoms. The molecular formula is C15H28F3N3. The van der Waals surface area contributed by atoms with Crippen LogP contribution in [0.2, 0.25) is 0 Å². The number of alkyl halides is 3. The number of rotatable bonds is 4. The molecule has 2 unspecified atom stereocenters. The molecule has 21 heavy (non-hydrogen) atoms. The van der Waals surface area contributed by atoms with Crippen LogP contribution >= 0.6 is 0 Å². The Kier molecular flexibility index (Phi) is 5.54. The summed E-state index contributed by atoms with van der Waals surface area (Å²) in [6, 6.07) is 0. The van der Waals surface area contributed by atoms with E-state index < -0.39 is 17.6 Å². The number of nitrogens with zero attached hydrogens (tertiary/aromatic N) is 2. The Morgan fingerprint density at radius 1 is 1.19 bits per heavy atom. The van der Waals surface area contributed by atoms with E-state index in [0.29, 0.717) is 13.0 Å². The van der Waals surface area contributed by atoms with Crippen molar-refractivity contribution in [3.8, 4) is 0 Å². The van der Waals surface area contributed by atoms with E-state index in [9.17, 15) is 13.2 Å². The fraction of sp³-hybridized carbons (Fsp3) is 1.00. The molecule has 0 aromatic carbocycles. The van der Waals surface area contributed by atoms with Gasteiger partial charge in [-0.05, 0) is 32.2 Å². The summed E-state index contributed by atoms with van der Waals surface area (Å²) in [7, 11) is 0. The molecule has 0 aromatic heterocycles. The van der Waals surface area contributed by atoms with Crippen LogP contribution in [0.4, 0.5) is 13.2 Å². The first kappa shape index (κ1) is 17.0.